The average Bonchev–Trinajstić information content (AvgIpc) is 3.16. The van der Waals surface area contributed by atoms with E-state index in [1.54, 1.807) is 6.20 Å². The van der Waals surface area contributed by atoms with Crippen molar-refractivity contribution < 1.29 is 4.79 Å². The number of hydrogen-bond donors (Lipinski definition) is 1. The maximum absolute atomic E-state index is 12.8. The molecular formula is C16H25Cl2N5O. The molecule has 1 aromatic rings. The van der Waals surface area contributed by atoms with Crippen molar-refractivity contribution in [2.45, 2.75) is 25.3 Å². The van der Waals surface area contributed by atoms with Gasteiger partial charge in [-0.1, -0.05) is 0 Å². The van der Waals surface area contributed by atoms with Gasteiger partial charge in [-0.05, 0) is 43.2 Å². The summed E-state index contributed by atoms with van der Waals surface area (Å²) in [5, 5.41) is 8.07. The highest BCUT2D eigenvalue weighted by Gasteiger charge is 2.50. The third kappa shape index (κ3) is 3.32. The largest absolute Gasteiger partial charge is 0.352 e. The number of amides is 1. The van der Waals surface area contributed by atoms with Crippen LogP contribution in [0.5, 0.6) is 0 Å². The van der Waals surface area contributed by atoms with Crippen molar-refractivity contribution in [3.63, 3.8) is 0 Å². The van der Waals surface area contributed by atoms with Gasteiger partial charge in [0.1, 0.15) is 0 Å². The third-order valence-corrected chi connectivity index (χ3v) is 5.74. The molecule has 2 heterocycles. The zero-order valence-corrected chi connectivity index (χ0v) is 15.2. The third-order valence-electron chi connectivity index (χ3n) is 5.74. The van der Waals surface area contributed by atoms with Crippen LogP contribution in [-0.4, -0.2) is 53.2 Å². The number of carbonyl (C=O) groups is 1. The average molecular weight is 374 g/mol. The van der Waals surface area contributed by atoms with Crippen molar-refractivity contribution in [3.8, 4) is 0 Å². The Morgan fingerprint density at radius 2 is 1.83 bits per heavy atom. The fourth-order valence-corrected chi connectivity index (χ4v) is 4.53. The number of anilines is 1. The molecule has 0 aromatic carbocycles. The van der Waals surface area contributed by atoms with Crippen LogP contribution in [0.1, 0.15) is 19.3 Å². The summed E-state index contributed by atoms with van der Waals surface area (Å²) < 4.78 is 0. The number of hydrogen-bond acceptors (Lipinski definition) is 5. The first-order chi connectivity index (χ1) is 10.7. The molecule has 134 valence electrons. The van der Waals surface area contributed by atoms with E-state index < -0.39 is 0 Å². The summed E-state index contributed by atoms with van der Waals surface area (Å²) in [6, 6.07) is 3.95. The van der Waals surface area contributed by atoms with Crippen LogP contribution in [0.15, 0.2) is 18.3 Å². The van der Waals surface area contributed by atoms with Gasteiger partial charge in [0, 0.05) is 38.4 Å². The van der Waals surface area contributed by atoms with Crippen LogP contribution in [0.4, 0.5) is 5.82 Å². The van der Waals surface area contributed by atoms with E-state index in [9.17, 15) is 4.79 Å². The topological polar surface area (TPSA) is 75.4 Å². The van der Waals surface area contributed by atoms with E-state index in [2.05, 4.69) is 15.1 Å². The Hall–Kier alpha value is -1.11. The molecule has 1 amide bonds. The zero-order chi connectivity index (χ0) is 15.1. The van der Waals surface area contributed by atoms with E-state index in [-0.39, 0.29) is 36.8 Å². The number of nitrogens with zero attached hydrogens (tertiary/aromatic N) is 4. The number of aromatic nitrogens is 2. The minimum Gasteiger partial charge on any atom is -0.352 e. The van der Waals surface area contributed by atoms with Crippen LogP contribution in [0.25, 0.3) is 0 Å². The van der Waals surface area contributed by atoms with Crippen LogP contribution in [0, 0.1) is 17.8 Å². The van der Waals surface area contributed by atoms with Crippen LogP contribution in [0.3, 0.4) is 0 Å². The Kier molecular flexibility index (Phi) is 6.28. The van der Waals surface area contributed by atoms with Gasteiger partial charge in [0.05, 0.1) is 5.92 Å². The lowest BCUT2D eigenvalue weighted by Gasteiger charge is -2.38. The van der Waals surface area contributed by atoms with Crippen molar-refractivity contribution in [1.29, 1.82) is 0 Å². The van der Waals surface area contributed by atoms with Gasteiger partial charge in [-0.3, -0.25) is 4.79 Å². The maximum Gasteiger partial charge on any atom is 0.227 e. The van der Waals surface area contributed by atoms with Crippen LogP contribution in [0.2, 0.25) is 0 Å². The van der Waals surface area contributed by atoms with Gasteiger partial charge in [-0.2, -0.15) is 5.10 Å². The predicted octanol–water partition coefficient (Wildman–Crippen LogP) is 1.34. The molecule has 0 spiro atoms. The van der Waals surface area contributed by atoms with Crippen molar-refractivity contribution in [2.75, 3.05) is 31.1 Å². The number of fused-ring (bicyclic) bond motifs is 2. The lowest BCUT2D eigenvalue weighted by atomic mass is 9.84. The lowest BCUT2D eigenvalue weighted by Crippen LogP contribution is -2.54. The molecule has 4 rings (SSSR count). The summed E-state index contributed by atoms with van der Waals surface area (Å²) in [7, 11) is 0. The first-order valence-electron chi connectivity index (χ1n) is 8.31. The Labute approximate surface area is 155 Å². The molecule has 0 radical (unpaired) electrons. The minimum atomic E-state index is 0. The Morgan fingerprint density at radius 3 is 2.42 bits per heavy atom. The zero-order valence-electron chi connectivity index (χ0n) is 13.6. The fraction of sp³-hybridized carbons (Fsp3) is 0.688. The molecule has 6 nitrogen and oxygen atoms in total. The van der Waals surface area contributed by atoms with Crippen molar-refractivity contribution >= 4 is 36.5 Å². The van der Waals surface area contributed by atoms with Gasteiger partial charge in [0.2, 0.25) is 5.91 Å². The molecule has 1 saturated heterocycles. The molecule has 2 bridgehead atoms. The summed E-state index contributed by atoms with van der Waals surface area (Å²) in [5.41, 5.74) is 6.31. The molecule has 2 aliphatic carbocycles. The molecule has 1 aromatic heterocycles. The second-order valence-electron chi connectivity index (χ2n) is 6.83. The summed E-state index contributed by atoms with van der Waals surface area (Å²) >= 11 is 0. The summed E-state index contributed by atoms with van der Waals surface area (Å²) in [6.07, 6.45) is 5.25. The fourth-order valence-electron chi connectivity index (χ4n) is 4.53. The molecule has 4 atom stereocenters. The summed E-state index contributed by atoms with van der Waals surface area (Å²) in [4.78, 5) is 17.0. The molecule has 3 aliphatic rings. The Balaban J connectivity index is 0.00000104. The quantitative estimate of drug-likeness (QED) is 0.846. The van der Waals surface area contributed by atoms with Gasteiger partial charge in [0.15, 0.2) is 5.82 Å². The summed E-state index contributed by atoms with van der Waals surface area (Å²) in [5.74, 6) is 2.37. The van der Waals surface area contributed by atoms with Crippen molar-refractivity contribution in [2.24, 2.45) is 23.5 Å². The molecule has 2 N–H and O–H groups in total. The van der Waals surface area contributed by atoms with Gasteiger partial charge >= 0.3 is 0 Å². The standard InChI is InChI=1S/C16H23N5O.2ClH/c17-15-12-4-3-11(10-12)14(15)16(22)21-8-6-20(7-9-21)13-2-1-5-18-19-13;;/h1-2,5,11-12,14-15H,3-4,6-10,17H2;2*1H. The Morgan fingerprint density at radius 1 is 1.12 bits per heavy atom. The van der Waals surface area contributed by atoms with Gasteiger partial charge in [-0.15, -0.1) is 29.9 Å². The van der Waals surface area contributed by atoms with E-state index in [4.69, 9.17) is 5.73 Å². The van der Waals surface area contributed by atoms with Gasteiger partial charge in [-0.25, -0.2) is 0 Å². The molecule has 3 fully saturated rings. The monoisotopic (exact) mass is 373 g/mol. The highest BCUT2D eigenvalue weighted by Crippen LogP contribution is 2.48. The lowest BCUT2D eigenvalue weighted by molar-refractivity contribution is -0.138. The smallest absolute Gasteiger partial charge is 0.227 e. The highest BCUT2D eigenvalue weighted by molar-refractivity contribution is 5.85. The molecular weight excluding hydrogens is 349 g/mol. The molecule has 2 saturated carbocycles. The first kappa shape index (κ1) is 19.2. The minimum absolute atomic E-state index is 0. The van der Waals surface area contributed by atoms with Crippen LogP contribution in [-0.2, 0) is 4.79 Å². The van der Waals surface area contributed by atoms with Gasteiger partial charge in [0.25, 0.3) is 0 Å². The molecule has 24 heavy (non-hydrogen) atoms. The first-order valence-corrected chi connectivity index (χ1v) is 8.31. The van der Waals surface area contributed by atoms with Crippen molar-refractivity contribution in [3.05, 3.63) is 18.3 Å². The molecule has 8 heteroatoms. The second kappa shape index (κ2) is 7.85. The maximum atomic E-state index is 12.8. The number of piperazine rings is 1. The number of carbonyl (C=O) groups excluding carboxylic acids is 1. The van der Waals surface area contributed by atoms with E-state index in [0.717, 1.165) is 38.4 Å². The molecule has 1 aliphatic heterocycles. The second-order valence-corrected chi connectivity index (χ2v) is 6.83. The van der Waals surface area contributed by atoms with E-state index >= 15 is 0 Å². The van der Waals surface area contributed by atoms with Gasteiger partial charge < -0.3 is 15.5 Å². The van der Waals surface area contributed by atoms with E-state index in [1.807, 2.05) is 17.0 Å². The normalized spacial score (nSPS) is 31.4. The van der Waals surface area contributed by atoms with Crippen LogP contribution >= 0.6 is 24.8 Å². The molecule has 4 unspecified atom stereocenters. The predicted molar refractivity (Wildman–Crippen MR) is 97.6 cm³/mol. The van der Waals surface area contributed by atoms with Crippen molar-refractivity contribution in [1.82, 2.24) is 15.1 Å². The number of rotatable bonds is 2. The van der Waals surface area contributed by atoms with E-state index in [0.29, 0.717) is 17.7 Å². The SMILES string of the molecule is Cl.Cl.NC1C2CCC(C2)C1C(=O)N1CCN(c2cccnn2)CC1. The number of nitrogens with two attached hydrogens (primary N) is 1. The van der Waals surface area contributed by atoms with E-state index in [1.165, 1.54) is 12.8 Å². The van der Waals surface area contributed by atoms with Crippen LogP contribution < -0.4 is 10.6 Å². The summed E-state index contributed by atoms with van der Waals surface area (Å²) in [6.45, 7) is 3.16. The Bertz CT molecular complexity index is 551. The highest BCUT2D eigenvalue weighted by atomic mass is 35.5. The number of halogens is 2.